The van der Waals surface area contributed by atoms with Crippen molar-refractivity contribution in [3.05, 3.63) is 65.5 Å². The molecule has 0 aromatic heterocycles. The third kappa shape index (κ3) is 3.96. The van der Waals surface area contributed by atoms with E-state index >= 15 is 0 Å². The summed E-state index contributed by atoms with van der Waals surface area (Å²) in [5.74, 6) is -1.79. The Morgan fingerprint density at radius 3 is 2.17 bits per heavy atom. The Morgan fingerprint density at radius 1 is 1.03 bits per heavy atom. The molecule has 0 radical (unpaired) electrons. The summed E-state index contributed by atoms with van der Waals surface area (Å²) in [5, 5.41) is 0. The van der Waals surface area contributed by atoms with Crippen LogP contribution in [0.2, 0.25) is 0 Å². The topological polar surface area (TPSA) is 46.6 Å². The Balaban J connectivity index is 2.24. The van der Waals surface area contributed by atoms with E-state index in [1.54, 1.807) is 20.8 Å². The van der Waals surface area contributed by atoms with Crippen LogP contribution in [0.4, 0.5) is 28.0 Å². The van der Waals surface area contributed by atoms with Gasteiger partial charge in [0.1, 0.15) is 11.4 Å². The Morgan fingerprint density at radius 2 is 1.62 bits per heavy atom. The third-order valence-electron chi connectivity index (χ3n) is 4.12. The summed E-state index contributed by atoms with van der Waals surface area (Å²) in [4.78, 5) is 26.7. The van der Waals surface area contributed by atoms with E-state index in [0.29, 0.717) is 4.90 Å². The first kappa shape index (κ1) is 21.2. The van der Waals surface area contributed by atoms with Gasteiger partial charge in [-0.15, -0.1) is 0 Å². The molecule has 2 aromatic carbocycles. The molecule has 0 saturated carbocycles. The second-order valence-corrected chi connectivity index (χ2v) is 8.65. The fourth-order valence-electron chi connectivity index (χ4n) is 3.13. The Bertz CT molecular complexity index is 953. The molecule has 2 amide bonds. The van der Waals surface area contributed by atoms with Crippen molar-refractivity contribution in [2.24, 2.45) is 0 Å². The number of carbonyl (C=O) groups is 2. The number of hydrogen-bond acceptors (Lipinski definition) is 4. The lowest BCUT2D eigenvalue weighted by Crippen LogP contribution is -2.45. The number of alkyl halides is 3. The van der Waals surface area contributed by atoms with Crippen LogP contribution in [0.5, 0.6) is 0 Å². The molecule has 3 rings (SSSR count). The summed E-state index contributed by atoms with van der Waals surface area (Å²) < 4.78 is 57.1. The minimum atomic E-state index is -4.82. The second-order valence-electron chi connectivity index (χ2n) is 7.37. The Labute approximate surface area is 168 Å². The largest absolute Gasteiger partial charge is 0.443 e. The van der Waals surface area contributed by atoms with Gasteiger partial charge in [-0.3, -0.25) is 4.79 Å². The van der Waals surface area contributed by atoms with Crippen LogP contribution in [-0.2, 0) is 14.3 Å². The number of rotatable bonds is 2. The monoisotopic (exact) mass is 427 g/mol. The number of hydrogen-bond donors (Lipinski definition) is 0. The van der Waals surface area contributed by atoms with Gasteiger partial charge in [0.05, 0.1) is 5.69 Å². The van der Waals surface area contributed by atoms with Crippen molar-refractivity contribution >= 4 is 29.4 Å². The van der Waals surface area contributed by atoms with Crippen LogP contribution in [-0.4, -0.2) is 23.1 Å². The van der Waals surface area contributed by atoms with E-state index in [4.69, 9.17) is 4.74 Å². The van der Waals surface area contributed by atoms with Crippen LogP contribution in [0.3, 0.4) is 0 Å². The number of nitrogens with zero attached hydrogens (tertiary/aromatic N) is 1. The fourth-order valence-corrected chi connectivity index (χ4v) is 4.19. The van der Waals surface area contributed by atoms with Crippen molar-refractivity contribution in [1.82, 2.24) is 0 Å². The SMILES string of the molecule is CC(C)(C)OC(=O)N1C(=O)[C@](SC(F)(F)F)(c2ccc(F)cc2)c2ccccc21. The summed E-state index contributed by atoms with van der Waals surface area (Å²) in [7, 11) is 0. The molecule has 0 spiro atoms. The van der Waals surface area contributed by atoms with Gasteiger partial charge in [-0.2, -0.15) is 13.2 Å². The van der Waals surface area contributed by atoms with Crippen molar-refractivity contribution in [2.45, 2.75) is 36.6 Å². The molecule has 1 aliphatic rings. The molecular formula is C20H17F4NO3S. The number of benzene rings is 2. The maximum absolute atomic E-state index is 13.6. The highest BCUT2D eigenvalue weighted by molar-refractivity contribution is 8.02. The van der Waals surface area contributed by atoms with Gasteiger partial charge < -0.3 is 4.74 Å². The zero-order valence-electron chi connectivity index (χ0n) is 15.7. The first-order valence-corrected chi connectivity index (χ1v) is 9.37. The van der Waals surface area contributed by atoms with E-state index < -0.39 is 45.4 Å². The molecule has 1 heterocycles. The van der Waals surface area contributed by atoms with Crippen molar-refractivity contribution in [3.63, 3.8) is 0 Å². The van der Waals surface area contributed by atoms with Gasteiger partial charge in [0.15, 0.2) is 4.75 Å². The maximum Gasteiger partial charge on any atom is 0.443 e. The van der Waals surface area contributed by atoms with Crippen LogP contribution >= 0.6 is 11.8 Å². The van der Waals surface area contributed by atoms with Gasteiger partial charge in [-0.25, -0.2) is 14.1 Å². The lowest BCUT2D eigenvalue weighted by molar-refractivity contribution is -0.119. The normalized spacial score (nSPS) is 19.3. The minimum Gasteiger partial charge on any atom is -0.443 e. The molecule has 29 heavy (non-hydrogen) atoms. The molecule has 1 aliphatic heterocycles. The minimum absolute atomic E-state index is 0.00664. The first-order chi connectivity index (χ1) is 13.3. The Kier molecular flexibility index (Phi) is 5.15. The number of carbonyl (C=O) groups excluding carboxylic acids is 2. The zero-order valence-corrected chi connectivity index (χ0v) is 16.5. The van der Waals surface area contributed by atoms with Crippen molar-refractivity contribution in [1.29, 1.82) is 0 Å². The number of imide groups is 1. The molecule has 9 heteroatoms. The summed E-state index contributed by atoms with van der Waals surface area (Å²) in [6, 6.07) is 9.87. The standard InChI is InChI=1S/C20H17F4NO3S/c1-18(2,3)28-17(27)25-15-7-5-4-6-14(15)19(16(25)26,29-20(22,23)24)12-8-10-13(21)11-9-12/h4-11H,1-3H3/t19-/m0/s1. The fraction of sp³-hybridized carbons (Fsp3) is 0.300. The number of para-hydroxylation sites is 1. The van der Waals surface area contributed by atoms with Crippen LogP contribution in [0.25, 0.3) is 0 Å². The molecule has 0 saturated heterocycles. The number of halogens is 4. The van der Waals surface area contributed by atoms with E-state index in [-0.39, 0.29) is 16.8 Å². The second kappa shape index (κ2) is 7.05. The van der Waals surface area contributed by atoms with Gasteiger partial charge in [0, 0.05) is 5.56 Å². The molecule has 2 aromatic rings. The molecule has 154 valence electrons. The van der Waals surface area contributed by atoms with Crippen LogP contribution in [0.1, 0.15) is 31.9 Å². The molecule has 0 bridgehead atoms. The predicted octanol–water partition coefficient (Wildman–Crippen LogP) is 5.60. The van der Waals surface area contributed by atoms with Crippen molar-refractivity contribution in [2.75, 3.05) is 4.90 Å². The van der Waals surface area contributed by atoms with Crippen LogP contribution in [0, 0.1) is 5.82 Å². The number of fused-ring (bicyclic) bond motifs is 1. The summed E-state index contributed by atoms with van der Waals surface area (Å²) in [5.41, 5.74) is -5.91. The summed E-state index contributed by atoms with van der Waals surface area (Å²) in [6.07, 6.45) is -1.08. The average molecular weight is 427 g/mol. The van der Waals surface area contributed by atoms with E-state index in [0.717, 1.165) is 24.3 Å². The molecule has 0 fully saturated rings. The van der Waals surface area contributed by atoms with Gasteiger partial charge in [0.2, 0.25) is 0 Å². The highest BCUT2D eigenvalue weighted by Gasteiger charge is 2.60. The number of thioether (sulfide) groups is 1. The molecule has 0 unspecified atom stereocenters. The maximum atomic E-state index is 13.6. The van der Waals surface area contributed by atoms with Gasteiger partial charge >= 0.3 is 11.6 Å². The quantitative estimate of drug-likeness (QED) is 0.585. The molecule has 1 atom stereocenters. The Hall–Kier alpha value is -2.55. The highest BCUT2D eigenvalue weighted by Crippen LogP contribution is 2.57. The van der Waals surface area contributed by atoms with Gasteiger partial charge in [-0.05, 0) is 56.3 Å². The van der Waals surface area contributed by atoms with E-state index in [9.17, 15) is 27.2 Å². The molecule has 0 N–H and O–H groups in total. The summed E-state index contributed by atoms with van der Waals surface area (Å²) >= 11 is -0.561. The highest BCUT2D eigenvalue weighted by atomic mass is 32.2. The van der Waals surface area contributed by atoms with E-state index in [2.05, 4.69) is 0 Å². The van der Waals surface area contributed by atoms with Gasteiger partial charge in [-0.1, -0.05) is 30.3 Å². The first-order valence-electron chi connectivity index (χ1n) is 8.55. The number of amides is 2. The predicted molar refractivity (Wildman–Crippen MR) is 101 cm³/mol. The van der Waals surface area contributed by atoms with Gasteiger partial charge in [0.25, 0.3) is 5.91 Å². The molecular weight excluding hydrogens is 410 g/mol. The molecule has 0 aliphatic carbocycles. The van der Waals surface area contributed by atoms with Crippen molar-refractivity contribution < 1.29 is 31.9 Å². The molecule has 4 nitrogen and oxygen atoms in total. The average Bonchev–Trinajstić information content (AvgIpc) is 2.82. The smallest absolute Gasteiger partial charge is 0.443 e. The van der Waals surface area contributed by atoms with Crippen molar-refractivity contribution in [3.8, 4) is 0 Å². The lowest BCUT2D eigenvalue weighted by atomic mass is 9.91. The zero-order chi connectivity index (χ0) is 21.6. The van der Waals surface area contributed by atoms with Crippen LogP contribution in [0.15, 0.2) is 48.5 Å². The third-order valence-corrected chi connectivity index (χ3v) is 5.29. The number of anilines is 1. The lowest BCUT2D eigenvalue weighted by Gasteiger charge is -2.29. The summed E-state index contributed by atoms with van der Waals surface area (Å²) in [6.45, 7) is 4.74. The number of ether oxygens (including phenoxy) is 1. The van der Waals surface area contributed by atoms with E-state index in [1.807, 2.05) is 0 Å². The van der Waals surface area contributed by atoms with Crippen LogP contribution < -0.4 is 4.90 Å². The van der Waals surface area contributed by atoms with E-state index in [1.165, 1.54) is 24.3 Å².